The van der Waals surface area contributed by atoms with Crippen molar-refractivity contribution < 1.29 is 18.7 Å². The molecular weight excluding hydrogens is 344 g/mol. The van der Waals surface area contributed by atoms with Crippen LogP contribution in [0.25, 0.3) is 0 Å². The largest absolute Gasteiger partial charge is 0.493 e. The molecule has 0 N–H and O–H groups in total. The number of fused-ring (bicyclic) bond motifs is 1. The molecule has 1 aromatic heterocycles. The van der Waals surface area contributed by atoms with E-state index in [1.54, 1.807) is 32.6 Å². The highest BCUT2D eigenvalue weighted by atomic mass is 16.5. The van der Waals surface area contributed by atoms with Crippen molar-refractivity contribution in [3.8, 4) is 11.5 Å². The molecule has 6 heteroatoms. The molecule has 0 atom stereocenters. The SMILES string of the molecule is COc1cc2c(cc1OC)CN(C1CCN(C(=O)c3ccco3)CC1)CC2. The molecule has 1 aromatic carbocycles. The van der Waals surface area contributed by atoms with Crippen molar-refractivity contribution in [1.82, 2.24) is 9.80 Å². The smallest absolute Gasteiger partial charge is 0.289 e. The lowest BCUT2D eigenvalue weighted by Gasteiger charge is -2.40. The van der Waals surface area contributed by atoms with Gasteiger partial charge < -0.3 is 18.8 Å². The number of methoxy groups -OCH3 is 2. The zero-order chi connectivity index (χ0) is 18.8. The summed E-state index contributed by atoms with van der Waals surface area (Å²) in [5.74, 6) is 2.02. The molecule has 1 saturated heterocycles. The van der Waals surface area contributed by atoms with Gasteiger partial charge in [-0.25, -0.2) is 0 Å². The fourth-order valence-electron chi connectivity index (χ4n) is 4.21. The summed E-state index contributed by atoms with van der Waals surface area (Å²) in [7, 11) is 3.35. The van der Waals surface area contributed by atoms with E-state index in [4.69, 9.17) is 13.9 Å². The molecule has 0 aliphatic carbocycles. The minimum atomic E-state index is -0.000675. The van der Waals surface area contributed by atoms with Crippen molar-refractivity contribution in [2.45, 2.75) is 31.8 Å². The second-order valence-electron chi connectivity index (χ2n) is 7.20. The number of hydrogen-bond donors (Lipinski definition) is 0. The predicted octanol–water partition coefficient (Wildman–Crippen LogP) is 2.96. The normalized spacial score (nSPS) is 18.2. The van der Waals surface area contributed by atoms with Gasteiger partial charge in [-0.05, 0) is 54.7 Å². The highest BCUT2D eigenvalue weighted by molar-refractivity contribution is 5.91. The maximum atomic E-state index is 12.4. The summed E-state index contributed by atoms with van der Waals surface area (Å²) in [6, 6.07) is 8.21. The molecule has 0 spiro atoms. The van der Waals surface area contributed by atoms with Crippen LogP contribution in [0.15, 0.2) is 34.9 Å². The number of benzene rings is 1. The van der Waals surface area contributed by atoms with Crippen molar-refractivity contribution in [3.63, 3.8) is 0 Å². The van der Waals surface area contributed by atoms with Crippen molar-refractivity contribution >= 4 is 5.91 Å². The first-order valence-electron chi connectivity index (χ1n) is 9.50. The molecule has 2 aromatic rings. The highest BCUT2D eigenvalue weighted by Crippen LogP contribution is 2.34. The molecule has 0 saturated carbocycles. The quantitative estimate of drug-likeness (QED) is 0.828. The lowest BCUT2D eigenvalue weighted by atomic mass is 9.94. The van der Waals surface area contributed by atoms with Crippen LogP contribution in [0.4, 0.5) is 0 Å². The van der Waals surface area contributed by atoms with Crippen LogP contribution >= 0.6 is 0 Å². The summed E-state index contributed by atoms with van der Waals surface area (Å²) < 4.78 is 16.1. The molecule has 0 radical (unpaired) electrons. The maximum absolute atomic E-state index is 12.4. The predicted molar refractivity (Wildman–Crippen MR) is 101 cm³/mol. The van der Waals surface area contributed by atoms with E-state index >= 15 is 0 Å². The van der Waals surface area contributed by atoms with Crippen LogP contribution in [0.5, 0.6) is 11.5 Å². The van der Waals surface area contributed by atoms with E-state index in [2.05, 4.69) is 17.0 Å². The Labute approximate surface area is 159 Å². The third kappa shape index (κ3) is 3.54. The van der Waals surface area contributed by atoms with Crippen LogP contribution in [-0.4, -0.2) is 55.6 Å². The number of amides is 1. The van der Waals surface area contributed by atoms with E-state index in [0.29, 0.717) is 11.8 Å². The van der Waals surface area contributed by atoms with Crippen LogP contribution < -0.4 is 9.47 Å². The Morgan fingerprint density at radius 1 is 1.07 bits per heavy atom. The molecule has 4 rings (SSSR count). The summed E-state index contributed by atoms with van der Waals surface area (Å²) in [5, 5.41) is 0. The number of carbonyl (C=O) groups is 1. The standard InChI is InChI=1S/C21H26N2O4/c1-25-19-12-15-5-8-23(14-16(15)13-20(19)26-2)17-6-9-22(10-7-17)21(24)18-4-3-11-27-18/h3-4,11-13,17H,5-10,14H2,1-2H3. The first kappa shape index (κ1) is 17.9. The fourth-order valence-corrected chi connectivity index (χ4v) is 4.21. The van der Waals surface area contributed by atoms with Crippen molar-refractivity contribution in [2.24, 2.45) is 0 Å². The molecule has 6 nitrogen and oxygen atoms in total. The average Bonchev–Trinajstić information content (AvgIpc) is 3.26. The number of hydrogen-bond acceptors (Lipinski definition) is 5. The Kier molecular flexibility index (Phi) is 5.07. The molecule has 0 unspecified atom stereocenters. The van der Waals surface area contributed by atoms with Gasteiger partial charge in [0.25, 0.3) is 5.91 Å². The molecule has 2 aliphatic rings. The second kappa shape index (κ2) is 7.64. The molecule has 1 fully saturated rings. The number of furan rings is 1. The van der Waals surface area contributed by atoms with Crippen molar-refractivity contribution in [3.05, 3.63) is 47.4 Å². The van der Waals surface area contributed by atoms with E-state index in [0.717, 1.165) is 56.9 Å². The van der Waals surface area contributed by atoms with Crippen molar-refractivity contribution in [1.29, 1.82) is 0 Å². The first-order chi connectivity index (χ1) is 13.2. The third-order valence-corrected chi connectivity index (χ3v) is 5.75. The Bertz CT molecular complexity index is 795. The lowest BCUT2D eigenvalue weighted by molar-refractivity contribution is 0.0571. The van der Waals surface area contributed by atoms with Gasteiger partial charge in [-0.3, -0.25) is 9.69 Å². The minimum absolute atomic E-state index is 0.000675. The van der Waals surface area contributed by atoms with Gasteiger partial charge in [-0.1, -0.05) is 0 Å². The highest BCUT2D eigenvalue weighted by Gasteiger charge is 2.30. The minimum Gasteiger partial charge on any atom is -0.493 e. The van der Waals surface area contributed by atoms with Crippen molar-refractivity contribution in [2.75, 3.05) is 33.9 Å². The van der Waals surface area contributed by atoms with Crippen LogP contribution in [0, 0.1) is 0 Å². The van der Waals surface area contributed by atoms with Gasteiger partial charge in [-0.2, -0.15) is 0 Å². The van der Waals surface area contributed by atoms with Crippen LogP contribution in [-0.2, 0) is 13.0 Å². The molecule has 0 bridgehead atoms. The summed E-state index contributed by atoms with van der Waals surface area (Å²) >= 11 is 0. The summed E-state index contributed by atoms with van der Waals surface area (Å²) in [6.45, 7) is 3.52. The van der Waals surface area contributed by atoms with E-state index in [1.807, 2.05) is 4.90 Å². The van der Waals surface area contributed by atoms with Crippen LogP contribution in [0.3, 0.4) is 0 Å². The van der Waals surface area contributed by atoms with E-state index in [9.17, 15) is 4.79 Å². The molecular formula is C21H26N2O4. The van der Waals surface area contributed by atoms with Gasteiger partial charge in [0.2, 0.25) is 0 Å². The number of rotatable bonds is 4. The van der Waals surface area contributed by atoms with E-state index < -0.39 is 0 Å². The average molecular weight is 370 g/mol. The number of nitrogens with zero attached hydrogens (tertiary/aromatic N) is 2. The molecule has 27 heavy (non-hydrogen) atoms. The zero-order valence-corrected chi connectivity index (χ0v) is 15.9. The van der Waals surface area contributed by atoms with Gasteiger partial charge in [-0.15, -0.1) is 0 Å². The monoisotopic (exact) mass is 370 g/mol. The Morgan fingerprint density at radius 2 is 1.78 bits per heavy atom. The first-order valence-corrected chi connectivity index (χ1v) is 9.50. The van der Waals surface area contributed by atoms with Crippen LogP contribution in [0.1, 0.15) is 34.5 Å². The zero-order valence-electron chi connectivity index (χ0n) is 15.9. The summed E-state index contributed by atoms with van der Waals surface area (Å²) in [6.07, 6.45) is 4.56. The van der Waals surface area contributed by atoms with Gasteiger partial charge in [0.05, 0.1) is 20.5 Å². The number of piperidine rings is 1. The fraction of sp³-hybridized carbons (Fsp3) is 0.476. The Morgan fingerprint density at radius 3 is 2.41 bits per heavy atom. The Balaban J connectivity index is 1.39. The van der Waals surface area contributed by atoms with Crippen LogP contribution in [0.2, 0.25) is 0 Å². The second-order valence-corrected chi connectivity index (χ2v) is 7.20. The number of likely N-dealkylation sites (tertiary alicyclic amines) is 1. The summed E-state index contributed by atoms with van der Waals surface area (Å²) in [4.78, 5) is 16.9. The van der Waals surface area contributed by atoms with E-state index in [1.165, 1.54) is 11.1 Å². The van der Waals surface area contributed by atoms with Gasteiger partial charge in [0, 0.05) is 32.2 Å². The topological polar surface area (TPSA) is 55.2 Å². The van der Waals surface area contributed by atoms with Gasteiger partial charge in [0.15, 0.2) is 17.3 Å². The molecule has 1 amide bonds. The Hall–Kier alpha value is -2.47. The number of ether oxygens (including phenoxy) is 2. The van der Waals surface area contributed by atoms with Gasteiger partial charge >= 0.3 is 0 Å². The summed E-state index contributed by atoms with van der Waals surface area (Å²) in [5.41, 5.74) is 2.65. The lowest BCUT2D eigenvalue weighted by Crippen LogP contribution is -2.48. The third-order valence-electron chi connectivity index (χ3n) is 5.75. The number of carbonyl (C=O) groups excluding carboxylic acids is 1. The molecule has 3 heterocycles. The molecule has 2 aliphatic heterocycles. The van der Waals surface area contributed by atoms with E-state index in [-0.39, 0.29) is 5.91 Å². The molecule has 144 valence electrons. The van der Waals surface area contributed by atoms with Gasteiger partial charge in [0.1, 0.15) is 0 Å². The maximum Gasteiger partial charge on any atom is 0.289 e.